The molecule has 0 amide bonds. The van der Waals surface area contributed by atoms with Crippen LogP contribution in [0.3, 0.4) is 0 Å². The summed E-state index contributed by atoms with van der Waals surface area (Å²) in [5.41, 5.74) is 2.56. The number of rotatable bonds is 3. The molecule has 0 bridgehead atoms. The molecule has 0 fully saturated rings. The molecule has 12 heavy (non-hydrogen) atoms. The zero-order valence-electron chi connectivity index (χ0n) is 7.55. The van der Waals surface area contributed by atoms with Crippen molar-refractivity contribution in [1.29, 1.82) is 0 Å². The zero-order valence-corrected chi connectivity index (χ0v) is 8.30. The summed E-state index contributed by atoms with van der Waals surface area (Å²) in [7, 11) is 2.06. The van der Waals surface area contributed by atoms with Gasteiger partial charge in [0.05, 0.1) is 0 Å². The van der Waals surface area contributed by atoms with Gasteiger partial charge in [0.25, 0.3) is 0 Å². The van der Waals surface area contributed by atoms with Crippen molar-refractivity contribution >= 4 is 17.3 Å². The van der Waals surface area contributed by atoms with Crippen LogP contribution in [0.2, 0.25) is 0 Å². The van der Waals surface area contributed by atoms with Gasteiger partial charge in [-0.2, -0.15) is 0 Å². The van der Waals surface area contributed by atoms with Crippen molar-refractivity contribution in [2.24, 2.45) is 0 Å². The van der Waals surface area contributed by atoms with Crippen LogP contribution in [-0.4, -0.2) is 19.5 Å². The van der Waals surface area contributed by atoms with Crippen molar-refractivity contribution < 1.29 is 0 Å². The van der Waals surface area contributed by atoms with Crippen molar-refractivity contribution in [2.75, 3.05) is 24.4 Å². The summed E-state index contributed by atoms with van der Waals surface area (Å²) in [4.78, 5) is 2.17. The first-order chi connectivity index (χ1) is 5.75. The lowest BCUT2D eigenvalue weighted by Gasteiger charge is -2.19. The molecular formula is C10H14ClN. The molecule has 0 saturated heterocycles. The van der Waals surface area contributed by atoms with Crippen LogP contribution in [0.4, 0.5) is 5.69 Å². The largest absolute Gasteiger partial charge is 0.373 e. The number of anilines is 1. The van der Waals surface area contributed by atoms with E-state index >= 15 is 0 Å². The highest BCUT2D eigenvalue weighted by Crippen LogP contribution is 2.17. The van der Waals surface area contributed by atoms with Crippen molar-refractivity contribution in [1.82, 2.24) is 0 Å². The molecule has 0 atom stereocenters. The van der Waals surface area contributed by atoms with Crippen LogP contribution in [0.1, 0.15) is 5.56 Å². The molecule has 1 aromatic rings. The molecule has 0 aromatic heterocycles. The molecule has 2 heteroatoms. The molecule has 1 nitrogen and oxygen atoms in total. The smallest absolute Gasteiger partial charge is 0.0399 e. The van der Waals surface area contributed by atoms with E-state index in [0.29, 0.717) is 5.88 Å². The molecule has 0 heterocycles. The SMILES string of the molecule is Cc1ccccc1N(C)CCCl. The third kappa shape index (κ3) is 2.15. The van der Waals surface area contributed by atoms with Gasteiger partial charge in [0.2, 0.25) is 0 Å². The quantitative estimate of drug-likeness (QED) is 0.652. The third-order valence-corrected chi connectivity index (χ3v) is 2.12. The van der Waals surface area contributed by atoms with E-state index in [1.54, 1.807) is 0 Å². The normalized spacial score (nSPS) is 9.92. The molecule has 0 N–H and O–H groups in total. The molecule has 1 aromatic carbocycles. The second-order valence-electron chi connectivity index (χ2n) is 2.90. The summed E-state index contributed by atoms with van der Waals surface area (Å²) in [6, 6.07) is 8.32. The average molecular weight is 184 g/mol. The van der Waals surface area contributed by atoms with E-state index in [4.69, 9.17) is 11.6 Å². The Labute approximate surface area is 79.0 Å². The van der Waals surface area contributed by atoms with E-state index in [2.05, 4.69) is 31.0 Å². The Morgan fingerprint density at radius 3 is 2.58 bits per heavy atom. The fourth-order valence-corrected chi connectivity index (χ4v) is 1.49. The fourth-order valence-electron chi connectivity index (χ4n) is 1.24. The van der Waals surface area contributed by atoms with Gasteiger partial charge in [-0.3, -0.25) is 0 Å². The van der Waals surface area contributed by atoms with Gasteiger partial charge in [-0.15, -0.1) is 11.6 Å². The highest BCUT2D eigenvalue weighted by molar-refractivity contribution is 6.18. The van der Waals surface area contributed by atoms with Crippen LogP contribution in [-0.2, 0) is 0 Å². The van der Waals surface area contributed by atoms with Crippen LogP contribution in [0, 0.1) is 6.92 Å². The Kier molecular flexibility index (Phi) is 3.42. The molecule has 0 aliphatic carbocycles. The Bertz CT molecular complexity index is 247. The van der Waals surface area contributed by atoms with Gasteiger partial charge in [-0.05, 0) is 18.6 Å². The topological polar surface area (TPSA) is 3.24 Å². The second-order valence-corrected chi connectivity index (χ2v) is 3.27. The fraction of sp³-hybridized carbons (Fsp3) is 0.400. The summed E-state index contributed by atoms with van der Waals surface area (Å²) in [5, 5.41) is 0. The predicted molar refractivity (Wildman–Crippen MR) is 55.2 cm³/mol. The first-order valence-electron chi connectivity index (χ1n) is 4.08. The van der Waals surface area contributed by atoms with Crippen LogP contribution in [0.5, 0.6) is 0 Å². The van der Waals surface area contributed by atoms with E-state index in [1.165, 1.54) is 11.3 Å². The van der Waals surface area contributed by atoms with Gasteiger partial charge in [0.1, 0.15) is 0 Å². The lowest BCUT2D eigenvalue weighted by molar-refractivity contribution is 0.966. The maximum absolute atomic E-state index is 5.66. The molecule has 0 aliphatic rings. The minimum atomic E-state index is 0.671. The van der Waals surface area contributed by atoms with Gasteiger partial charge >= 0.3 is 0 Å². The van der Waals surface area contributed by atoms with Gasteiger partial charge < -0.3 is 4.90 Å². The van der Waals surface area contributed by atoms with E-state index in [0.717, 1.165) is 6.54 Å². The standard InChI is InChI=1S/C10H14ClN/c1-9-5-3-4-6-10(9)12(2)8-7-11/h3-6H,7-8H2,1-2H3. The summed E-state index contributed by atoms with van der Waals surface area (Å²) in [5.74, 6) is 0.671. The Morgan fingerprint density at radius 2 is 2.00 bits per heavy atom. The Balaban J connectivity index is 2.79. The number of benzene rings is 1. The Hall–Kier alpha value is -0.690. The molecule has 66 valence electrons. The van der Waals surface area contributed by atoms with Crippen LogP contribution >= 0.6 is 11.6 Å². The average Bonchev–Trinajstić information content (AvgIpc) is 2.05. The van der Waals surface area contributed by atoms with Crippen LogP contribution in [0.15, 0.2) is 24.3 Å². The van der Waals surface area contributed by atoms with Crippen LogP contribution < -0.4 is 4.90 Å². The molecule has 0 saturated carbocycles. The number of hydrogen-bond donors (Lipinski definition) is 0. The van der Waals surface area contributed by atoms with Crippen molar-refractivity contribution in [3.63, 3.8) is 0 Å². The third-order valence-electron chi connectivity index (χ3n) is 1.95. The van der Waals surface area contributed by atoms with Gasteiger partial charge in [-0.25, -0.2) is 0 Å². The first-order valence-corrected chi connectivity index (χ1v) is 4.62. The lowest BCUT2D eigenvalue weighted by atomic mass is 10.2. The maximum atomic E-state index is 5.66. The highest BCUT2D eigenvalue weighted by atomic mass is 35.5. The van der Waals surface area contributed by atoms with Crippen molar-refractivity contribution in [2.45, 2.75) is 6.92 Å². The minimum Gasteiger partial charge on any atom is -0.373 e. The summed E-state index contributed by atoms with van der Waals surface area (Å²) in [6.45, 7) is 3.01. The molecule has 0 aliphatic heterocycles. The molecule has 0 unspecified atom stereocenters. The molecule has 0 spiro atoms. The summed E-state index contributed by atoms with van der Waals surface area (Å²) >= 11 is 5.66. The number of alkyl halides is 1. The molecule has 0 radical (unpaired) electrons. The number of hydrogen-bond acceptors (Lipinski definition) is 1. The van der Waals surface area contributed by atoms with Crippen molar-refractivity contribution in [3.05, 3.63) is 29.8 Å². The van der Waals surface area contributed by atoms with E-state index < -0.39 is 0 Å². The van der Waals surface area contributed by atoms with E-state index in [9.17, 15) is 0 Å². The predicted octanol–water partition coefficient (Wildman–Crippen LogP) is 2.67. The number of para-hydroxylation sites is 1. The second kappa shape index (κ2) is 4.36. The zero-order chi connectivity index (χ0) is 8.97. The van der Waals surface area contributed by atoms with Gasteiger partial charge in [0, 0.05) is 25.2 Å². The number of aryl methyl sites for hydroxylation is 1. The Morgan fingerprint density at radius 1 is 1.33 bits per heavy atom. The van der Waals surface area contributed by atoms with E-state index in [-0.39, 0.29) is 0 Å². The van der Waals surface area contributed by atoms with Gasteiger partial charge in [0.15, 0.2) is 0 Å². The van der Waals surface area contributed by atoms with Crippen molar-refractivity contribution in [3.8, 4) is 0 Å². The maximum Gasteiger partial charge on any atom is 0.0399 e. The highest BCUT2D eigenvalue weighted by Gasteiger charge is 2.01. The molecular weight excluding hydrogens is 170 g/mol. The van der Waals surface area contributed by atoms with E-state index in [1.807, 2.05) is 12.1 Å². The van der Waals surface area contributed by atoms with Crippen LogP contribution in [0.25, 0.3) is 0 Å². The minimum absolute atomic E-state index is 0.671. The number of nitrogens with zero attached hydrogens (tertiary/aromatic N) is 1. The monoisotopic (exact) mass is 183 g/mol. The van der Waals surface area contributed by atoms with Gasteiger partial charge in [-0.1, -0.05) is 18.2 Å². The first kappa shape index (κ1) is 9.40. The number of halogens is 1. The summed E-state index contributed by atoms with van der Waals surface area (Å²) in [6.07, 6.45) is 0. The molecule has 1 rings (SSSR count). The lowest BCUT2D eigenvalue weighted by Crippen LogP contribution is -2.20. The summed E-state index contributed by atoms with van der Waals surface area (Å²) < 4.78 is 0.